The Balaban J connectivity index is 2.13. The molecule has 11 nitrogen and oxygen atoms in total. The van der Waals surface area contributed by atoms with E-state index in [1.54, 1.807) is 12.1 Å². The number of ketones is 1. The highest BCUT2D eigenvalue weighted by Crippen LogP contribution is 2.26. The number of likely N-dealkylation sites (tertiary alicyclic amines) is 1. The minimum atomic E-state index is -1.04. The Morgan fingerprint density at radius 1 is 1.06 bits per heavy atom. The number of hydrogen-bond acceptors (Lipinski definition) is 7. The average molecular weight is 677 g/mol. The van der Waals surface area contributed by atoms with Crippen molar-refractivity contribution >= 4 is 41.5 Å². The Bertz CT molecular complexity index is 1250. The Morgan fingerprint density at radius 2 is 1.70 bits per heavy atom. The first-order chi connectivity index (χ1) is 21.9. The summed E-state index contributed by atoms with van der Waals surface area (Å²) in [6.07, 6.45) is 2.69. The lowest BCUT2D eigenvalue weighted by molar-refractivity contribution is -0.143. The molecule has 0 radical (unpaired) electrons. The normalized spacial score (nSPS) is 16.9. The Hall–Kier alpha value is -3.45. The van der Waals surface area contributed by atoms with Gasteiger partial charge in [-0.25, -0.2) is 13.5 Å². The summed E-state index contributed by atoms with van der Waals surface area (Å²) in [6.45, 7) is 17.9. The molecule has 13 heteroatoms. The minimum Gasteiger partial charge on any atom is -0.346 e. The van der Waals surface area contributed by atoms with Crippen molar-refractivity contribution < 1.29 is 28.4 Å². The van der Waals surface area contributed by atoms with Crippen LogP contribution in [0.2, 0.25) is 0 Å². The fraction of sp³-hybridized carbons (Fsp3) is 0.618. The molecule has 1 saturated heterocycles. The summed E-state index contributed by atoms with van der Waals surface area (Å²) in [5, 5.41) is 11.1. The SMILES string of the molecule is C=CCNC(=O)C(=O)C(CC(C)C)NC(=O)C1CCCN1C(=O)C(NC(=O)NC(CN(C)Sc1ccc(F)cc1)C(C)(C)C)C(C)C. The number of rotatable bonds is 16. The van der Waals surface area contributed by atoms with Gasteiger partial charge in [0.05, 0.1) is 6.04 Å². The summed E-state index contributed by atoms with van der Waals surface area (Å²) >= 11 is 1.43. The molecule has 4 atom stereocenters. The fourth-order valence-electron chi connectivity index (χ4n) is 5.22. The van der Waals surface area contributed by atoms with Crippen molar-refractivity contribution in [2.45, 2.75) is 96.8 Å². The third kappa shape index (κ3) is 12.6. The number of Topliss-reactive ketones (excluding diaryl/α,β-unsaturated/α-hetero) is 1. The van der Waals surface area contributed by atoms with Gasteiger partial charge >= 0.3 is 6.03 Å². The molecule has 4 N–H and O–H groups in total. The number of carbonyl (C=O) groups is 5. The van der Waals surface area contributed by atoms with E-state index in [4.69, 9.17) is 0 Å². The molecular weight excluding hydrogens is 623 g/mol. The number of benzene rings is 1. The minimum absolute atomic E-state index is 0.0176. The van der Waals surface area contributed by atoms with Crippen LogP contribution in [0.5, 0.6) is 0 Å². The molecule has 0 aliphatic carbocycles. The van der Waals surface area contributed by atoms with Gasteiger partial charge < -0.3 is 26.2 Å². The van der Waals surface area contributed by atoms with Gasteiger partial charge in [0.25, 0.3) is 5.91 Å². The first-order valence-corrected chi connectivity index (χ1v) is 17.0. The molecule has 1 aromatic rings. The molecule has 47 heavy (non-hydrogen) atoms. The number of urea groups is 1. The molecular formula is C34H53FN6O5S. The van der Waals surface area contributed by atoms with E-state index in [2.05, 4.69) is 27.8 Å². The van der Waals surface area contributed by atoms with E-state index >= 15 is 0 Å². The van der Waals surface area contributed by atoms with Gasteiger partial charge in [-0.1, -0.05) is 54.5 Å². The molecule has 1 fully saturated rings. The third-order valence-electron chi connectivity index (χ3n) is 7.89. The molecule has 5 amide bonds. The maximum Gasteiger partial charge on any atom is 0.315 e. The largest absolute Gasteiger partial charge is 0.346 e. The molecule has 0 saturated carbocycles. The lowest BCUT2D eigenvalue weighted by Crippen LogP contribution is -2.60. The van der Waals surface area contributed by atoms with Gasteiger partial charge in [0.2, 0.25) is 17.6 Å². The van der Waals surface area contributed by atoms with Crippen molar-refractivity contribution in [3.63, 3.8) is 0 Å². The van der Waals surface area contributed by atoms with Crippen LogP contribution in [-0.2, 0) is 19.2 Å². The van der Waals surface area contributed by atoms with E-state index in [9.17, 15) is 28.4 Å². The van der Waals surface area contributed by atoms with Crippen molar-refractivity contribution in [3.8, 4) is 0 Å². The molecule has 1 aliphatic rings. The Labute approximate surface area is 283 Å². The number of carbonyl (C=O) groups excluding carboxylic acids is 5. The van der Waals surface area contributed by atoms with Gasteiger partial charge in [0.1, 0.15) is 17.9 Å². The van der Waals surface area contributed by atoms with Gasteiger partial charge in [0.15, 0.2) is 0 Å². The highest BCUT2D eigenvalue weighted by atomic mass is 32.2. The van der Waals surface area contributed by atoms with E-state index in [0.29, 0.717) is 25.9 Å². The molecule has 2 rings (SSSR count). The van der Waals surface area contributed by atoms with Crippen LogP contribution in [-0.4, -0.2) is 89.6 Å². The average Bonchev–Trinajstić information content (AvgIpc) is 3.48. The van der Waals surface area contributed by atoms with Gasteiger partial charge in [-0.3, -0.25) is 19.2 Å². The van der Waals surface area contributed by atoms with Crippen molar-refractivity contribution in [3.05, 3.63) is 42.7 Å². The van der Waals surface area contributed by atoms with E-state index in [1.165, 1.54) is 35.1 Å². The zero-order valence-corrected chi connectivity index (χ0v) is 29.8. The molecule has 1 aromatic carbocycles. The molecule has 4 unspecified atom stereocenters. The first-order valence-electron chi connectivity index (χ1n) is 16.2. The fourth-order valence-corrected chi connectivity index (χ4v) is 6.06. The number of nitrogens with zero attached hydrogens (tertiary/aromatic N) is 2. The maximum absolute atomic E-state index is 13.9. The van der Waals surface area contributed by atoms with Crippen LogP contribution in [0.4, 0.5) is 9.18 Å². The summed E-state index contributed by atoms with van der Waals surface area (Å²) in [5.74, 6) is -3.03. The standard InChI is InChI=1S/C34H53FN6O5S/c1-10-17-36-31(44)29(42)25(19-21(2)3)37-30(43)26-12-11-18-41(26)32(45)28(22(4)5)39-33(46)38-27(34(6,7)8)20-40(9)47-24-15-13-23(35)14-16-24/h10,13-16,21-22,25-28H,1,11-12,17-20H2,2-9H3,(H,36,44)(H,37,43)(H2,38,39,46). The monoisotopic (exact) mass is 676 g/mol. The summed E-state index contributed by atoms with van der Waals surface area (Å²) < 4.78 is 15.3. The second-order valence-corrected chi connectivity index (χ2v) is 15.1. The Kier molecular flexibility index (Phi) is 15.4. The van der Waals surface area contributed by atoms with Gasteiger partial charge in [-0.15, -0.1) is 6.58 Å². The quantitative estimate of drug-likeness (QED) is 0.118. The highest BCUT2D eigenvalue weighted by molar-refractivity contribution is 7.97. The number of halogens is 1. The maximum atomic E-state index is 13.9. The van der Waals surface area contributed by atoms with Crippen LogP contribution < -0.4 is 21.3 Å². The highest BCUT2D eigenvalue weighted by Gasteiger charge is 2.40. The van der Waals surface area contributed by atoms with Crippen LogP contribution in [0, 0.1) is 23.1 Å². The zero-order chi connectivity index (χ0) is 35.5. The van der Waals surface area contributed by atoms with Crippen molar-refractivity contribution in [1.82, 2.24) is 30.5 Å². The third-order valence-corrected chi connectivity index (χ3v) is 8.84. The predicted molar refractivity (Wildman–Crippen MR) is 183 cm³/mol. The molecule has 0 bridgehead atoms. The van der Waals surface area contributed by atoms with E-state index in [1.807, 2.05) is 59.8 Å². The van der Waals surface area contributed by atoms with Gasteiger partial charge in [-0.05, 0) is 79.8 Å². The number of amides is 5. The van der Waals surface area contributed by atoms with Gasteiger partial charge in [0, 0.05) is 30.6 Å². The second kappa shape index (κ2) is 18.2. The van der Waals surface area contributed by atoms with Crippen LogP contribution in [0.15, 0.2) is 41.8 Å². The van der Waals surface area contributed by atoms with Crippen LogP contribution >= 0.6 is 11.9 Å². The number of hydrogen-bond donors (Lipinski definition) is 4. The molecule has 1 aliphatic heterocycles. The van der Waals surface area contributed by atoms with Crippen LogP contribution in [0.3, 0.4) is 0 Å². The van der Waals surface area contributed by atoms with Crippen molar-refractivity contribution in [1.29, 1.82) is 0 Å². The summed E-state index contributed by atoms with van der Waals surface area (Å²) in [5.41, 5.74) is -0.336. The van der Waals surface area contributed by atoms with Crippen LogP contribution in [0.25, 0.3) is 0 Å². The van der Waals surface area contributed by atoms with Crippen molar-refractivity contribution in [2.75, 3.05) is 26.7 Å². The Morgan fingerprint density at radius 3 is 2.26 bits per heavy atom. The molecule has 1 heterocycles. The van der Waals surface area contributed by atoms with Crippen molar-refractivity contribution in [2.24, 2.45) is 17.3 Å². The predicted octanol–water partition coefficient (Wildman–Crippen LogP) is 3.90. The summed E-state index contributed by atoms with van der Waals surface area (Å²) in [7, 11) is 1.89. The van der Waals surface area contributed by atoms with Crippen LogP contribution in [0.1, 0.15) is 67.7 Å². The lowest BCUT2D eigenvalue weighted by Gasteiger charge is -2.35. The second-order valence-electron chi connectivity index (χ2n) is 13.9. The summed E-state index contributed by atoms with van der Waals surface area (Å²) in [6, 6.07) is 2.57. The van der Waals surface area contributed by atoms with E-state index < -0.39 is 41.8 Å². The lowest BCUT2D eigenvalue weighted by atomic mass is 9.86. The van der Waals surface area contributed by atoms with Gasteiger partial charge in [-0.2, -0.15) is 0 Å². The molecule has 0 aromatic heterocycles. The first kappa shape index (κ1) is 39.7. The molecule has 262 valence electrons. The number of likely N-dealkylation sites (N-methyl/N-ethyl adjacent to an activating group) is 1. The topological polar surface area (TPSA) is 140 Å². The van der Waals surface area contributed by atoms with E-state index in [0.717, 1.165) is 4.90 Å². The zero-order valence-electron chi connectivity index (χ0n) is 29.0. The smallest absolute Gasteiger partial charge is 0.315 e. The number of nitrogens with one attached hydrogen (secondary N) is 4. The molecule has 0 spiro atoms. The van der Waals surface area contributed by atoms with E-state index in [-0.39, 0.29) is 48.0 Å². The summed E-state index contributed by atoms with van der Waals surface area (Å²) in [4.78, 5) is 68.3.